The van der Waals surface area contributed by atoms with Crippen LogP contribution in [0.1, 0.15) is 47.2 Å². The van der Waals surface area contributed by atoms with Gasteiger partial charge in [-0.15, -0.1) is 0 Å². The Hall–Kier alpha value is -2.10. The smallest absolute Gasteiger partial charge is 0.307 e. The van der Waals surface area contributed by atoms with Gasteiger partial charge in [0, 0.05) is 18.7 Å². The lowest BCUT2D eigenvalue weighted by Crippen LogP contribution is -2.40. The van der Waals surface area contributed by atoms with E-state index in [9.17, 15) is 9.59 Å². The molecule has 1 saturated heterocycles. The van der Waals surface area contributed by atoms with Crippen LogP contribution in [0.15, 0.2) is 24.3 Å². The number of likely N-dealkylation sites (tertiary alicyclic amines) is 1. The zero-order chi connectivity index (χ0) is 16.0. The number of piperidine rings is 1. The number of allylic oxidation sites excluding steroid dienone is 1. The Morgan fingerprint density at radius 2 is 2.00 bits per heavy atom. The van der Waals surface area contributed by atoms with Crippen molar-refractivity contribution in [1.29, 1.82) is 0 Å². The predicted molar refractivity (Wildman–Crippen MR) is 87.1 cm³/mol. The monoisotopic (exact) mass is 311 g/mol. The van der Waals surface area contributed by atoms with Gasteiger partial charge >= 0.3 is 5.97 Å². The summed E-state index contributed by atoms with van der Waals surface area (Å²) in [5.41, 5.74) is 3.21. The number of aliphatic carboxylic acids is 1. The molecular formula is C19H21NO3. The molecule has 1 aromatic rings. The van der Waals surface area contributed by atoms with Gasteiger partial charge < -0.3 is 10.0 Å². The molecule has 0 bridgehead atoms. The van der Waals surface area contributed by atoms with Crippen LogP contribution >= 0.6 is 0 Å². The van der Waals surface area contributed by atoms with Crippen molar-refractivity contribution < 1.29 is 14.7 Å². The number of hydrogen-bond acceptors (Lipinski definition) is 2. The van der Waals surface area contributed by atoms with Crippen molar-refractivity contribution in [3.8, 4) is 0 Å². The molecule has 4 heteroatoms. The van der Waals surface area contributed by atoms with E-state index in [0.717, 1.165) is 37.7 Å². The van der Waals surface area contributed by atoms with Crippen LogP contribution in [0.2, 0.25) is 0 Å². The molecule has 1 saturated carbocycles. The third-order valence-electron chi connectivity index (χ3n) is 5.80. The molecule has 120 valence electrons. The molecule has 1 spiro atoms. The van der Waals surface area contributed by atoms with Crippen LogP contribution < -0.4 is 0 Å². The number of nitrogens with zero attached hydrogens (tertiary/aromatic N) is 1. The molecule has 1 unspecified atom stereocenters. The molecule has 4 nitrogen and oxygen atoms in total. The number of fused-ring (bicyclic) bond motifs is 1. The Bertz CT molecular complexity index is 699. The van der Waals surface area contributed by atoms with Crippen molar-refractivity contribution in [3.05, 3.63) is 41.0 Å². The highest BCUT2D eigenvalue weighted by molar-refractivity contribution is 5.95. The van der Waals surface area contributed by atoms with Gasteiger partial charge in [0.05, 0.1) is 5.92 Å². The Morgan fingerprint density at radius 3 is 2.70 bits per heavy atom. The number of amides is 1. The average Bonchev–Trinajstić information content (AvgIpc) is 3.28. The summed E-state index contributed by atoms with van der Waals surface area (Å²) in [5.74, 6) is -0.771. The first kappa shape index (κ1) is 14.5. The van der Waals surface area contributed by atoms with Gasteiger partial charge in [-0.25, -0.2) is 0 Å². The molecule has 1 aliphatic heterocycles. The quantitative estimate of drug-likeness (QED) is 0.913. The molecule has 0 aromatic heterocycles. The second-order valence-corrected chi connectivity index (χ2v) is 7.10. The fourth-order valence-corrected chi connectivity index (χ4v) is 4.15. The number of carbonyl (C=O) groups is 2. The van der Waals surface area contributed by atoms with Crippen LogP contribution in [0.4, 0.5) is 0 Å². The maximum atomic E-state index is 12.7. The first-order valence-electron chi connectivity index (χ1n) is 8.41. The van der Waals surface area contributed by atoms with Crippen LogP contribution in [-0.4, -0.2) is 35.0 Å². The first-order chi connectivity index (χ1) is 11.1. The minimum absolute atomic E-state index is 0.0245. The molecule has 1 atom stereocenters. The van der Waals surface area contributed by atoms with Crippen LogP contribution in [0.25, 0.3) is 6.08 Å². The fraction of sp³-hybridized carbons (Fsp3) is 0.474. The van der Waals surface area contributed by atoms with Crippen molar-refractivity contribution in [2.45, 2.75) is 32.1 Å². The van der Waals surface area contributed by atoms with E-state index in [0.29, 0.717) is 13.1 Å². The zero-order valence-corrected chi connectivity index (χ0v) is 13.1. The van der Waals surface area contributed by atoms with Gasteiger partial charge in [-0.2, -0.15) is 0 Å². The average molecular weight is 311 g/mol. The van der Waals surface area contributed by atoms with Crippen molar-refractivity contribution in [1.82, 2.24) is 4.90 Å². The van der Waals surface area contributed by atoms with E-state index in [2.05, 4.69) is 12.2 Å². The topological polar surface area (TPSA) is 57.6 Å². The molecule has 4 rings (SSSR count). The summed E-state index contributed by atoms with van der Waals surface area (Å²) in [6.45, 7) is 1.36. The Kier molecular flexibility index (Phi) is 3.29. The van der Waals surface area contributed by atoms with E-state index in [4.69, 9.17) is 5.11 Å². The van der Waals surface area contributed by atoms with Gasteiger partial charge in [0.25, 0.3) is 5.91 Å². The second-order valence-electron chi connectivity index (χ2n) is 7.10. The summed E-state index contributed by atoms with van der Waals surface area (Å²) >= 11 is 0. The number of hydrogen-bond donors (Lipinski definition) is 1. The van der Waals surface area contributed by atoms with E-state index in [1.807, 2.05) is 23.1 Å². The third kappa shape index (κ3) is 2.46. The highest BCUT2D eigenvalue weighted by Gasteiger charge is 2.59. The molecule has 2 aliphatic carbocycles. The summed E-state index contributed by atoms with van der Waals surface area (Å²) < 4.78 is 0. The summed E-state index contributed by atoms with van der Waals surface area (Å²) in [6, 6.07) is 5.98. The highest BCUT2D eigenvalue weighted by Crippen LogP contribution is 2.59. The van der Waals surface area contributed by atoms with E-state index >= 15 is 0 Å². The number of benzene rings is 1. The van der Waals surface area contributed by atoms with E-state index < -0.39 is 5.97 Å². The molecular weight excluding hydrogens is 290 g/mol. The van der Waals surface area contributed by atoms with Crippen LogP contribution in [0.5, 0.6) is 0 Å². The van der Waals surface area contributed by atoms with Gasteiger partial charge in [-0.05, 0) is 60.8 Å². The van der Waals surface area contributed by atoms with Gasteiger partial charge in [0.1, 0.15) is 0 Å². The van der Waals surface area contributed by atoms with Crippen LogP contribution in [0, 0.1) is 11.3 Å². The fourth-order valence-electron chi connectivity index (χ4n) is 4.15. The highest BCUT2D eigenvalue weighted by atomic mass is 16.4. The second kappa shape index (κ2) is 5.22. The summed E-state index contributed by atoms with van der Waals surface area (Å²) in [4.78, 5) is 25.7. The van der Waals surface area contributed by atoms with Crippen molar-refractivity contribution in [2.24, 2.45) is 11.3 Å². The maximum Gasteiger partial charge on any atom is 0.307 e. The minimum Gasteiger partial charge on any atom is -0.481 e. The number of carbonyl (C=O) groups excluding carboxylic acids is 1. The van der Waals surface area contributed by atoms with Gasteiger partial charge in [0.2, 0.25) is 0 Å². The molecule has 1 aromatic carbocycles. The maximum absolute atomic E-state index is 12.7. The molecule has 2 fully saturated rings. The lowest BCUT2D eigenvalue weighted by Gasteiger charge is -2.32. The summed E-state index contributed by atoms with van der Waals surface area (Å²) in [5, 5.41) is 9.15. The van der Waals surface area contributed by atoms with E-state index in [1.165, 1.54) is 11.1 Å². The standard InChI is InChI=1S/C19H21NO3/c21-17(15-6-5-13-3-1-2-4-14(13)11-15)20-9-7-19(8-10-20)12-16(19)18(22)23/h1,3,5-6,11,16H,2,4,7-10,12H2,(H,22,23). The molecule has 23 heavy (non-hydrogen) atoms. The SMILES string of the molecule is O=C(O)C1CC12CCN(C(=O)c1ccc3c(c1)CCC=C3)CC2. The van der Waals surface area contributed by atoms with Crippen LogP contribution in [0.3, 0.4) is 0 Å². The molecule has 0 radical (unpaired) electrons. The Labute approximate surface area is 135 Å². The normalized spacial score (nSPS) is 24.3. The lowest BCUT2D eigenvalue weighted by molar-refractivity contribution is -0.139. The van der Waals surface area contributed by atoms with E-state index in [-0.39, 0.29) is 17.2 Å². The van der Waals surface area contributed by atoms with Crippen molar-refractivity contribution in [2.75, 3.05) is 13.1 Å². The minimum atomic E-state index is -0.674. The summed E-state index contributed by atoms with van der Waals surface area (Å²) in [7, 11) is 0. The van der Waals surface area contributed by atoms with E-state index in [1.54, 1.807) is 0 Å². The summed E-state index contributed by atoms with van der Waals surface area (Å²) in [6.07, 6.45) is 8.76. The Morgan fingerprint density at radius 1 is 1.22 bits per heavy atom. The molecule has 1 amide bonds. The van der Waals surface area contributed by atoms with Crippen LogP contribution in [-0.2, 0) is 11.2 Å². The van der Waals surface area contributed by atoms with Crippen molar-refractivity contribution in [3.63, 3.8) is 0 Å². The van der Waals surface area contributed by atoms with Gasteiger partial charge in [-0.1, -0.05) is 18.2 Å². The molecule has 3 aliphatic rings. The predicted octanol–water partition coefficient (Wildman–Crippen LogP) is 2.97. The zero-order valence-electron chi connectivity index (χ0n) is 13.1. The van der Waals surface area contributed by atoms with Gasteiger partial charge in [0.15, 0.2) is 0 Å². The van der Waals surface area contributed by atoms with Gasteiger partial charge in [-0.3, -0.25) is 9.59 Å². The number of carboxylic acid groups (broad SMARTS) is 1. The first-order valence-corrected chi connectivity index (χ1v) is 8.41. The lowest BCUT2D eigenvalue weighted by atomic mass is 9.90. The third-order valence-corrected chi connectivity index (χ3v) is 5.80. The van der Waals surface area contributed by atoms with Crippen molar-refractivity contribution >= 4 is 18.0 Å². The number of carboxylic acids is 1. The largest absolute Gasteiger partial charge is 0.481 e. The molecule has 1 heterocycles. The number of aryl methyl sites for hydroxylation is 1. The number of rotatable bonds is 2. The Balaban J connectivity index is 1.45. The molecule has 1 N–H and O–H groups in total.